The molecule has 2 aliphatic rings. The lowest BCUT2D eigenvalue weighted by molar-refractivity contribution is 0.0865. The van der Waals surface area contributed by atoms with E-state index < -0.39 is 11.1 Å². The third-order valence-corrected chi connectivity index (χ3v) is 10.3. The topological polar surface area (TPSA) is 72.2 Å². The Balaban J connectivity index is 1.71. The third kappa shape index (κ3) is 6.94. The summed E-state index contributed by atoms with van der Waals surface area (Å²) in [5.41, 5.74) is 1.72. The fourth-order valence-corrected chi connectivity index (χ4v) is 7.03. The standard InChI is InChI=1S/C39H47Cl2N5O2/c1-27(2)48-34-26-30(37(3,4)5)14-19-33(34)35-43-38(6,28-10-15-31(40)16-11-28)39(7,29-12-17-32(41)18-13-29)46(35)36(47)45-24-22-44(23-25-45)21-9-8-20-42/h10-19,26-27H,8-9,21-25H2,1-7H3/t38-,39+/m0/s1. The average molecular weight is 689 g/mol. The van der Waals surface area contributed by atoms with Crippen LogP contribution in [-0.2, 0) is 16.5 Å². The van der Waals surface area contributed by atoms with Gasteiger partial charge in [0.1, 0.15) is 22.7 Å². The van der Waals surface area contributed by atoms with Crippen LogP contribution in [0.25, 0.3) is 0 Å². The Morgan fingerprint density at radius 2 is 1.52 bits per heavy atom. The molecule has 0 saturated carbocycles. The van der Waals surface area contributed by atoms with Crippen molar-refractivity contribution in [2.24, 2.45) is 4.99 Å². The zero-order valence-electron chi connectivity index (χ0n) is 29.2. The second-order valence-electron chi connectivity index (χ2n) is 14.4. The monoisotopic (exact) mass is 687 g/mol. The number of rotatable bonds is 8. The Hall–Kier alpha value is -3.57. The molecule has 0 radical (unpaired) electrons. The minimum Gasteiger partial charge on any atom is -0.490 e. The summed E-state index contributed by atoms with van der Waals surface area (Å²) in [5, 5.41) is 10.3. The first-order chi connectivity index (χ1) is 22.7. The van der Waals surface area contributed by atoms with Crippen molar-refractivity contribution in [3.63, 3.8) is 0 Å². The molecule has 254 valence electrons. The number of piperazine rings is 1. The summed E-state index contributed by atoms with van der Waals surface area (Å²) < 4.78 is 6.51. The molecule has 0 N–H and O–H groups in total. The van der Waals surface area contributed by atoms with Gasteiger partial charge in [-0.2, -0.15) is 5.26 Å². The third-order valence-electron chi connectivity index (χ3n) is 9.80. The number of hydrogen-bond acceptors (Lipinski definition) is 5. The van der Waals surface area contributed by atoms with E-state index in [1.165, 1.54) is 0 Å². The molecule has 0 aliphatic carbocycles. The minimum absolute atomic E-state index is 0.0930. The molecule has 0 spiro atoms. The summed E-state index contributed by atoms with van der Waals surface area (Å²) in [6.07, 6.45) is 1.26. The second-order valence-corrected chi connectivity index (χ2v) is 15.3. The molecule has 3 aromatic rings. The van der Waals surface area contributed by atoms with Gasteiger partial charge in [0, 0.05) is 42.6 Å². The summed E-state index contributed by atoms with van der Waals surface area (Å²) in [5.74, 6) is 1.25. The number of aliphatic imine (C=N–C) groups is 1. The van der Waals surface area contributed by atoms with Crippen LogP contribution in [0.5, 0.6) is 5.75 Å². The number of urea groups is 1. The van der Waals surface area contributed by atoms with Crippen molar-refractivity contribution >= 4 is 35.1 Å². The number of nitriles is 1. The van der Waals surface area contributed by atoms with Gasteiger partial charge in [-0.25, -0.2) is 4.79 Å². The van der Waals surface area contributed by atoms with Crippen LogP contribution in [-0.4, -0.2) is 65.4 Å². The molecule has 1 saturated heterocycles. The zero-order valence-corrected chi connectivity index (χ0v) is 30.7. The van der Waals surface area contributed by atoms with Crippen LogP contribution < -0.4 is 4.74 Å². The van der Waals surface area contributed by atoms with Crippen molar-refractivity contribution in [3.8, 4) is 11.8 Å². The quantitative estimate of drug-likeness (QED) is 0.222. The number of benzene rings is 3. The molecule has 48 heavy (non-hydrogen) atoms. The zero-order chi connectivity index (χ0) is 34.9. The van der Waals surface area contributed by atoms with Crippen LogP contribution in [0.3, 0.4) is 0 Å². The van der Waals surface area contributed by atoms with Gasteiger partial charge < -0.3 is 9.64 Å². The van der Waals surface area contributed by atoms with Gasteiger partial charge in [-0.3, -0.25) is 14.8 Å². The molecule has 0 unspecified atom stereocenters. The van der Waals surface area contributed by atoms with Gasteiger partial charge in [0.05, 0.1) is 17.7 Å². The number of amidine groups is 1. The second kappa shape index (κ2) is 14.1. The molecule has 7 nitrogen and oxygen atoms in total. The smallest absolute Gasteiger partial charge is 0.326 e. The maximum atomic E-state index is 15.2. The van der Waals surface area contributed by atoms with E-state index >= 15 is 4.79 Å². The summed E-state index contributed by atoms with van der Waals surface area (Å²) in [7, 11) is 0. The lowest BCUT2D eigenvalue weighted by Gasteiger charge is -2.47. The van der Waals surface area contributed by atoms with E-state index in [2.05, 4.69) is 63.8 Å². The van der Waals surface area contributed by atoms with Gasteiger partial charge in [0.2, 0.25) is 0 Å². The molecule has 3 aromatic carbocycles. The van der Waals surface area contributed by atoms with E-state index in [0.29, 0.717) is 41.1 Å². The molecule has 2 aliphatic heterocycles. The van der Waals surface area contributed by atoms with E-state index in [4.69, 9.17) is 38.2 Å². The Morgan fingerprint density at radius 1 is 0.938 bits per heavy atom. The van der Waals surface area contributed by atoms with Crippen LogP contribution in [0.2, 0.25) is 10.0 Å². The first kappa shape index (κ1) is 35.7. The largest absolute Gasteiger partial charge is 0.490 e. The number of unbranched alkanes of at least 4 members (excludes halogenated alkanes) is 1. The van der Waals surface area contributed by atoms with E-state index in [0.717, 1.165) is 48.3 Å². The van der Waals surface area contributed by atoms with Gasteiger partial charge >= 0.3 is 6.03 Å². The molecular formula is C39H47Cl2N5O2. The van der Waals surface area contributed by atoms with Gasteiger partial charge in [-0.15, -0.1) is 0 Å². The van der Waals surface area contributed by atoms with Crippen molar-refractivity contribution in [2.75, 3.05) is 32.7 Å². The van der Waals surface area contributed by atoms with E-state index in [1.807, 2.05) is 72.2 Å². The van der Waals surface area contributed by atoms with E-state index in [1.54, 1.807) is 0 Å². The Morgan fingerprint density at radius 3 is 2.06 bits per heavy atom. The van der Waals surface area contributed by atoms with Gasteiger partial charge in [0.15, 0.2) is 0 Å². The van der Waals surface area contributed by atoms with Crippen molar-refractivity contribution in [1.82, 2.24) is 14.7 Å². The Bertz CT molecular complexity index is 1690. The summed E-state index contributed by atoms with van der Waals surface area (Å²) >= 11 is 12.8. The van der Waals surface area contributed by atoms with Crippen LogP contribution in [0.15, 0.2) is 71.7 Å². The Labute approximate surface area is 296 Å². The first-order valence-electron chi connectivity index (χ1n) is 16.8. The normalized spacial score (nSPS) is 21.7. The maximum Gasteiger partial charge on any atom is 0.326 e. The summed E-state index contributed by atoms with van der Waals surface area (Å²) in [4.78, 5) is 26.9. The molecule has 2 atom stereocenters. The fourth-order valence-electron chi connectivity index (χ4n) is 6.78. The number of hydrogen-bond donors (Lipinski definition) is 0. The molecule has 5 rings (SSSR count). The van der Waals surface area contributed by atoms with Crippen LogP contribution in [0.4, 0.5) is 4.79 Å². The van der Waals surface area contributed by atoms with Crippen molar-refractivity contribution in [3.05, 3.63) is 99.0 Å². The summed E-state index contributed by atoms with van der Waals surface area (Å²) in [6, 6.07) is 23.9. The molecule has 1 fully saturated rings. The van der Waals surface area contributed by atoms with E-state index in [-0.39, 0.29) is 17.6 Å². The number of nitrogens with zero attached hydrogens (tertiary/aromatic N) is 5. The average Bonchev–Trinajstić information content (AvgIpc) is 3.29. The number of halogens is 2. The molecule has 9 heteroatoms. The Kier molecular flexibility index (Phi) is 10.5. The lowest BCUT2D eigenvalue weighted by Crippen LogP contribution is -2.60. The van der Waals surface area contributed by atoms with Crippen LogP contribution in [0.1, 0.15) is 83.6 Å². The highest BCUT2D eigenvalue weighted by Gasteiger charge is 2.60. The van der Waals surface area contributed by atoms with Crippen molar-refractivity contribution in [1.29, 1.82) is 5.26 Å². The molecular weight excluding hydrogens is 641 g/mol. The molecule has 2 amide bonds. The molecule has 0 aromatic heterocycles. The van der Waals surface area contributed by atoms with Crippen molar-refractivity contribution in [2.45, 2.75) is 83.9 Å². The lowest BCUT2D eigenvalue weighted by atomic mass is 9.71. The van der Waals surface area contributed by atoms with Gasteiger partial charge in [0.25, 0.3) is 0 Å². The fraction of sp³-hybridized carbons (Fsp3) is 0.462. The highest BCUT2D eigenvalue weighted by atomic mass is 35.5. The number of ether oxygens (including phenoxy) is 1. The van der Waals surface area contributed by atoms with Gasteiger partial charge in [-0.05, 0) is 99.2 Å². The first-order valence-corrected chi connectivity index (χ1v) is 17.6. The predicted molar refractivity (Wildman–Crippen MR) is 195 cm³/mol. The number of carbonyl (C=O) groups is 1. The van der Waals surface area contributed by atoms with Gasteiger partial charge in [-0.1, -0.05) is 74.3 Å². The molecule has 0 bridgehead atoms. The number of amides is 2. The number of carbonyl (C=O) groups excluding carboxylic acids is 1. The van der Waals surface area contributed by atoms with Crippen LogP contribution in [0, 0.1) is 11.3 Å². The van der Waals surface area contributed by atoms with Crippen molar-refractivity contribution < 1.29 is 9.53 Å². The minimum atomic E-state index is -0.973. The maximum absolute atomic E-state index is 15.2. The SMILES string of the molecule is CC(C)Oc1cc(C(C)(C)C)ccc1C1=N[C@@](C)(c2ccc(Cl)cc2)[C@@](C)(c2ccc(Cl)cc2)N1C(=O)N1CCN(CCCC#N)CC1. The molecule has 2 heterocycles. The van der Waals surface area contributed by atoms with Crippen LogP contribution >= 0.6 is 23.2 Å². The summed E-state index contributed by atoms with van der Waals surface area (Å²) in [6.45, 7) is 18.2. The highest BCUT2D eigenvalue weighted by Crippen LogP contribution is 2.54. The highest BCUT2D eigenvalue weighted by molar-refractivity contribution is 6.30. The predicted octanol–water partition coefficient (Wildman–Crippen LogP) is 9.01. The van der Waals surface area contributed by atoms with E-state index in [9.17, 15) is 0 Å².